The van der Waals surface area contributed by atoms with Crippen LogP contribution < -0.4 is 4.90 Å². The lowest BCUT2D eigenvalue weighted by Gasteiger charge is -2.33. The van der Waals surface area contributed by atoms with Gasteiger partial charge in [-0.05, 0) is 25.7 Å². The van der Waals surface area contributed by atoms with Crippen molar-refractivity contribution in [2.75, 3.05) is 18.0 Å². The number of ketones is 1. The first kappa shape index (κ1) is 13.9. The molecule has 0 saturated carbocycles. The van der Waals surface area contributed by atoms with E-state index in [0.717, 1.165) is 17.7 Å². The molecule has 110 valence electrons. The van der Waals surface area contributed by atoms with Gasteiger partial charge in [0.2, 0.25) is 0 Å². The van der Waals surface area contributed by atoms with Gasteiger partial charge in [-0.1, -0.05) is 0 Å². The summed E-state index contributed by atoms with van der Waals surface area (Å²) in [4.78, 5) is 18.7. The smallest absolute Gasteiger partial charge is 0.347 e. The summed E-state index contributed by atoms with van der Waals surface area (Å²) in [6, 6.07) is 0. The number of anilines is 1. The van der Waals surface area contributed by atoms with Crippen molar-refractivity contribution < 1.29 is 18.0 Å². The van der Waals surface area contributed by atoms with Crippen LogP contribution in [0, 0.1) is 5.92 Å². The topological polar surface area (TPSA) is 33.2 Å². The number of halogens is 3. The number of rotatable bonds is 1. The Balaban J connectivity index is 1.81. The second kappa shape index (κ2) is 5.02. The lowest BCUT2D eigenvalue weighted by molar-refractivity contribution is -0.175. The minimum Gasteiger partial charge on any atom is -0.347 e. The Morgan fingerprint density at radius 2 is 2.05 bits per heavy atom. The van der Waals surface area contributed by atoms with Gasteiger partial charge >= 0.3 is 6.18 Å². The summed E-state index contributed by atoms with van der Waals surface area (Å²) in [6.07, 6.45) is -1.31. The number of thiazole rings is 1. The van der Waals surface area contributed by atoms with Crippen LogP contribution in [0.5, 0.6) is 0 Å². The monoisotopic (exact) mass is 304 g/mol. The average Bonchev–Trinajstić information content (AvgIpc) is 2.83. The molecule has 1 atom stereocenters. The predicted octanol–water partition coefficient (Wildman–Crippen LogP) is 3.44. The highest BCUT2D eigenvalue weighted by Gasteiger charge is 2.42. The number of aromatic nitrogens is 1. The van der Waals surface area contributed by atoms with Gasteiger partial charge in [0, 0.05) is 24.4 Å². The van der Waals surface area contributed by atoms with Gasteiger partial charge in [0.1, 0.15) is 5.69 Å². The highest BCUT2D eigenvalue weighted by molar-refractivity contribution is 7.16. The number of hydrogen-bond acceptors (Lipinski definition) is 4. The molecule has 1 saturated heterocycles. The fourth-order valence-corrected chi connectivity index (χ4v) is 3.96. The van der Waals surface area contributed by atoms with Crippen LogP contribution in [0.1, 0.15) is 41.0 Å². The van der Waals surface area contributed by atoms with Crippen molar-refractivity contribution >= 4 is 22.3 Å². The zero-order valence-corrected chi connectivity index (χ0v) is 11.7. The summed E-state index contributed by atoms with van der Waals surface area (Å²) < 4.78 is 38.5. The first-order chi connectivity index (χ1) is 9.45. The largest absolute Gasteiger partial charge is 0.393 e. The van der Waals surface area contributed by atoms with E-state index in [0.29, 0.717) is 30.2 Å². The number of fused-ring (bicyclic) bond motifs is 1. The highest BCUT2D eigenvalue weighted by Crippen LogP contribution is 2.37. The van der Waals surface area contributed by atoms with E-state index in [2.05, 4.69) is 4.98 Å². The molecule has 2 heterocycles. The Bertz CT molecular complexity index is 526. The van der Waals surface area contributed by atoms with E-state index in [4.69, 9.17) is 0 Å². The van der Waals surface area contributed by atoms with E-state index in [-0.39, 0.29) is 18.7 Å². The molecular weight excluding hydrogens is 289 g/mol. The van der Waals surface area contributed by atoms with Gasteiger partial charge < -0.3 is 4.90 Å². The average molecular weight is 304 g/mol. The van der Waals surface area contributed by atoms with Gasteiger partial charge in [-0.3, -0.25) is 4.79 Å². The fraction of sp³-hybridized carbons (Fsp3) is 0.692. The van der Waals surface area contributed by atoms with Gasteiger partial charge in [-0.2, -0.15) is 13.2 Å². The Morgan fingerprint density at radius 1 is 1.25 bits per heavy atom. The third-order valence-electron chi connectivity index (χ3n) is 3.91. The summed E-state index contributed by atoms with van der Waals surface area (Å²) in [5.74, 6) is -1.26. The summed E-state index contributed by atoms with van der Waals surface area (Å²) >= 11 is 1.38. The van der Waals surface area contributed by atoms with Gasteiger partial charge in [-0.25, -0.2) is 4.98 Å². The standard InChI is InChI=1S/C13H15F3N2OS/c14-13(15,16)8-3-2-6-18(7-8)12-17-11-9(19)4-1-5-10(11)20-12/h8H,1-7H2. The molecule has 0 spiro atoms. The fourth-order valence-electron chi connectivity index (χ4n) is 2.81. The van der Waals surface area contributed by atoms with Crippen molar-refractivity contribution in [2.45, 2.75) is 38.3 Å². The van der Waals surface area contributed by atoms with Gasteiger partial charge in [0.15, 0.2) is 10.9 Å². The quantitative estimate of drug-likeness (QED) is 0.797. The Morgan fingerprint density at radius 3 is 2.75 bits per heavy atom. The third-order valence-corrected chi connectivity index (χ3v) is 5.09. The number of aryl methyl sites for hydroxylation is 1. The Hall–Kier alpha value is -1.11. The molecule has 20 heavy (non-hydrogen) atoms. The molecule has 2 aliphatic rings. The van der Waals surface area contributed by atoms with Crippen LogP contribution in [0.2, 0.25) is 0 Å². The first-order valence-electron chi connectivity index (χ1n) is 6.79. The second-order valence-electron chi connectivity index (χ2n) is 5.37. The summed E-state index contributed by atoms with van der Waals surface area (Å²) in [7, 11) is 0. The van der Waals surface area contributed by atoms with Crippen molar-refractivity contribution in [1.82, 2.24) is 4.98 Å². The molecule has 3 nitrogen and oxygen atoms in total. The van der Waals surface area contributed by atoms with Crippen LogP contribution in [0.15, 0.2) is 0 Å². The Labute approximate surface area is 118 Å². The number of hydrogen-bond donors (Lipinski definition) is 0. The van der Waals surface area contributed by atoms with Gasteiger partial charge in [-0.15, -0.1) is 11.3 Å². The molecule has 1 aliphatic carbocycles. The van der Waals surface area contributed by atoms with Crippen LogP contribution in [0.3, 0.4) is 0 Å². The van der Waals surface area contributed by atoms with Crippen LogP contribution in [0.4, 0.5) is 18.3 Å². The molecule has 1 aromatic rings. The normalized spacial score (nSPS) is 23.9. The summed E-state index contributed by atoms with van der Waals surface area (Å²) in [6.45, 7) is 0.553. The third kappa shape index (κ3) is 2.55. The van der Waals surface area contributed by atoms with E-state index in [9.17, 15) is 18.0 Å². The molecule has 1 aromatic heterocycles. The van der Waals surface area contributed by atoms with E-state index in [1.165, 1.54) is 11.3 Å². The molecule has 3 rings (SSSR count). The molecule has 0 amide bonds. The van der Waals surface area contributed by atoms with Crippen molar-refractivity contribution in [3.8, 4) is 0 Å². The lowest BCUT2D eigenvalue weighted by Crippen LogP contribution is -2.41. The highest BCUT2D eigenvalue weighted by atomic mass is 32.1. The maximum atomic E-state index is 12.8. The Kier molecular flexibility index (Phi) is 3.48. The van der Waals surface area contributed by atoms with Crippen molar-refractivity contribution in [1.29, 1.82) is 0 Å². The van der Waals surface area contributed by atoms with Crippen molar-refractivity contribution in [3.63, 3.8) is 0 Å². The summed E-state index contributed by atoms with van der Waals surface area (Å²) in [5.41, 5.74) is 0.491. The number of Topliss-reactive ketones (excluding diaryl/α,β-unsaturated/α-hetero) is 1. The van der Waals surface area contributed by atoms with E-state index >= 15 is 0 Å². The van der Waals surface area contributed by atoms with Gasteiger partial charge in [0.05, 0.1) is 5.92 Å². The molecule has 0 N–H and O–H groups in total. The van der Waals surface area contributed by atoms with E-state index in [1.54, 1.807) is 4.90 Å². The van der Waals surface area contributed by atoms with Crippen molar-refractivity contribution in [3.05, 3.63) is 10.6 Å². The molecule has 1 unspecified atom stereocenters. The maximum Gasteiger partial charge on any atom is 0.393 e. The molecule has 0 radical (unpaired) electrons. The minimum absolute atomic E-state index is 0.0260. The minimum atomic E-state index is -4.15. The molecule has 1 fully saturated rings. The number of carbonyl (C=O) groups is 1. The van der Waals surface area contributed by atoms with Crippen molar-refractivity contribution in [2.24, 2.45) is 5.92 Å². The van der Waals surface area contributed by atoms with E-state index < -0.39 is 12.1 Å². The predicted molar refractivity (Wildman–Crippen MR) is 70.4 cm³/mol. The zero-order chi connectivity index (χ0) is 14.3. The van der Waals surface area contributed by atoms with Crippen LogP contribution in [-0.2, 0) is 6.42 Å². The molecule has 7 heteroatoms. The number of nitrogens with zero attached hydrogens (tertiary/aromatic N) is 2. The molecule has 0 aromatic carbocycles. The molecule has 0 bridgehead atoms. The number of alkyl halides is 3. The number of carbonyl (C=O) groups excluding carboxylic acids is 1. The zero-order valence-electron chi connectivity index (χ0n) is 10.9. The van der Waals surface area contributed by atoms with Crippen LogP contribution in [0.25, 0.3) is 0 Å². The lowest BCUT2D eigenvalue weighted by atomic mass is 9.98. The van der Waals surface area contributed by atoms with Gasteiger partial charge in [0.25, 0.3) is 0 Å². The number of piperidine rings is 1. The molecule has 1 aliphatic heterocycles. The first-order valence-corrected chi connectivity index (χ1v) is 7.61. The van der Waals surface area contributed by atoms with E-state index in [1.807, 2.05) is 0 Å². The van der Waals surface area contributed by atoms with Crippen LogP contribution >= 0.6 is 11.3 Å². The second-order valence-corrected chi connectivity index (χ2v) is 6.43. The summed E-state index contributed by atoms with van der Waals surface area (Å²) in [5, 5.41) is 0.583. The maximum absolute atomic E-state index is 12.8. The SMILES string of the molecule is O=C1CCCc2sc(N3CCCC(C(F)(F)F)C3)nc21. The molecular formula is C13H15F3N2OS. The van der Waals surface area contributed by atoms with Crippen LogP contribution in [-0.4, -0.2) is 30.0 Å².